The maximum atomic E-state index is 12.0. The first-order valence-electron chi connectivity index (χ1n) is 9.04. The van der Waals surface area contributed by atoms with Crippen LogP contribution >= 0.6 is 0 Å². The van der Waals surface area contributed by atoms with Crippen molar-refractivity contribution in [2.24, 2.45) is 0 Å². The summed E-state index contributed by atoms with van der Waals surface area (Å²) in [5.74, 6) is -0.865. The number of phenols is 1. The Kier molecular flexibility index (Phi) is 9.62. The summed E-state index contributed by atoms with van der Waals surface area (Å²) in [5.41, 5.74) is 0.571. The summed E-state index contributed by atoms with van der Waals surface area (Å²) in [5, 5.41) is 12.7. The second-order valence-electron chi connectivity index (χ2n) is 5.90. The zero-order valence-electron chi connectivity index (χ0n) is 15.5. The average molecular weight is 350 g/mol. The van der Waals surface area contributed by atoms with Gasteiger partial charge in [0.2, 0.25) is 5.91 Å². The second kappa shape index (κ2) is 11.5. The van der Waals surface area contributed by atoms with Gasteiger partial charge < -0.3 is 20.1 Å². The van der Waals surface area contributed by atoms with Crippen LogP contribution in [0.3, 0.4) is 0 Å². The lowest BCUT2D eigenvalue weighted by Crippen LogP contribution is -2.27. The van der Waals surface area contributed by atoms with E-state index in [2.05, 4.69) is 31.0 Å². The Morgan fingerprint density at radius 3 is 2.48 bits per heavy atom. The van der Waals surface area contributed by atoms with E-state index in [9.17, 15) is 14.7 Å². The minimum Gasteiger partial charge on any atom is -0.507 e. The van der Waals surface area contributed by atoms with Gasteiger partial charge in [0.15, 0.2) is 0 Å². The third-order valence-electron chi connectivity index (χ3n) is 4.03. The predicted octanol–water partition coefficient (Wildman–Crippen LogP) is 3.41. The summed E-state index contributed by atoms with van der Waals surface area (Å²) >= 11 is 0. The van der Waals surface area contributed by atoms with Gasteiger partial charge >= 0.3 is 5.97 Å². The number of carbonyl (C=O) groups is 2. The number of benzene rings is 1. The number of amides is 1. The van der Waals surface area contributed by atoms with Crippen molar-refractivity contribution in [1.29, 1.82) is 0 Å². The molecule has 0 aliphatic heterocycles. The Bertz CT molecular complexity index is 556. The molecule has 0 saturated heterocycles. The Balaban J connectivity index is 2.54. The maximum Gasteiger partial charge on any atom is 0.341 e. The molecule has 1 rings (SSSR count). The van der Waals surface area contributed by atoms with Gasteiger partial charge in [-0.1, -0.05) is 33.6 Å². The van der Waals surface area contributed by atoms with Gasteiger partial charge in [-0.05, 0) is 31.6 Å². The average Bonchev–Trinajstić information content (AvgIpc) is 2.59. The molecule has 25 heavy (non-hydrogen) atoms. The van der Waals surface area contributed by atoms with E-state index in [0.29, 0.717) is 25.3 Å². The molecule has 0 fully saturated rings. The highest BCUT2D eigenvalue weighted by Gasteiger charge is 2.14. The minimum atomic E-state index is -0.548. The number of anilines is 1. The van der Waals surface area contributed by atoms with E-state index in [1.54, 1.807) is 6.07 Å². The zero-order chi connectivity index (χ0) is 18.7. The lowest BCUT2D eigenvalue weighted by atomic mass is 10.1. The molecule has 0 radical (unpaired) electrons. The molecule has 0 aliphatic carbocycles. The fraction of sp³-hybridized carbons (Fsp3) is 0.579. The first kappa shape index (κ1) is 21.0. The fourth-order valence-corrected chi connectivity index (χ4v) is 2.40. The summed E-state index contributed by atoms with van der Waals surface area (Å²) in [6.45, 7) is 9.02. The third-order valence-corrected chi connectivity index (χ3v) is 4.03. The van der Waals surface area contributed by atoms with Gasteiger partial charge in [-0.15, -0.1) is 0 Å². The van der Waals surface area contributed by atoms with E-state index in [-0.39, 0.29) is 17.2 Å². The van der Waals surface area contributed by atoms with Gasteiger partial charge in [0.25, 0.3) is 0 Å². The highest BCUT2D eigenvalue weighted by Crippen LogP contribution is 2.23. The van der Waals surface area contributed by atoms with E-state index in [1.807, 2.05) is 0 Å². The van der Waals surface area contributed by atoms with Crippen molar-refractivity contribution in [3.63, 3.8) is 0 Å². The smallest absolute Gasteiger partial charge is 0.341 e. The van der Waals surface area contributed by atoms with E-state index < -0.39 is 5.97 Å². The molecule has 0 bridgehead atoms. The summed E-state index contributed by atoms with van der Waals surface area (Å²) < 4.78 is 5.13. The standard InChI is InChI=1S/C19H30N2O4/c1-4-7-8-13-25-19(24)16-10-9-15(14-17(16)22)20-18(23)11-12-21(5-2)6-3/h9-10,14,22H,4-8,11-13H2,1-3H3,(H,20,23). The molecular formula is C19H30N2O4. The van der Waals surface area contributed by atoms with Crippen molar-refractivity contribution in [2.75, 3.05) is 31.6 Å². The summed E-state index contributed by atoms with van der Waals surface area (Å²) in [7, 11) is 0. The second-order valence-corrected chi connectivity index (χ2v) is 5.90. The van der Waals surface area contributed by atoms with Crippen LogP contribution in [0, 0.1) is 0 Å². The van der Waals surface area contributed by atoms with Crippen LogP contribution in [0.25, 0.3) is 0 Å². The van der Waals surface area contributed by atoms with Crippen LogP contribution in [-0.4, -0.2) is 48.1 Å². The monoisotopic (exact) mass is 350 g/mol. The number of nitrogens with zero attached hydrogens (tertiary/aromatic N) is 1. The van der Waals surface area contributed by atoms with Crippen LogP contribution in [0.5, 0.6) is 5.75 Å². The first-order chi connectivity index (χ1) is 12.0. The van der Waals surface area contributed by atoms with Crippen molar-refractivity contribution < 1.29 is 19.4 Å². The molecule has 0 aliphatic rings. The predicted molar refractivity (Wildman–Crippen MR) is 98.9 cm³/mol. The van der Waals surface area contributed by atoms with E-state index in [4.69, 9.17) is 4.74 Å². The largest absolute Gasteiger partial charge is 0.507 e. The van der Waals surface area contributed by atoms with Crippen LogP contribution < -0.4 is 5.32 Å². The van der Waals surface area contributed by atoms with Crippen LogP contribution in [0.2, 0.25) is 0 Å². The van der Waals surface area contributed by atoms with Gasteiger partial charge in [-0.2, -0.15) is 0 Å². The topological polar surface area (TPSA) is 78.9 Å². The molecule has 0 aromatic heterocycles. The Morgan fingerprint density at radius 2 is 1.88 bits per heavy atom. The summed E-state index contributed by atoms with van der Waals surface area (Å²) in [6.07, 6.45) is 3.23. The number of esters is 1. The molecule has 6 heteroatoms. The highest BCUT2D eigenvalue weighted by molar-refractivity contribution is 5.95. The van der Waals surface area contributed by atoms with Crippen LogP contribution in [0.4, 0.5) is 5.69 Å². The minimum absolute atomic E-state index is 0.109. The molecule has 140 valence electrons. The molecular weight excluding hydrogens is 320 g/mol. The number of rotatable bonds is 11. The van der Waals surface area contributed by atoms with E-state index in [1.165, 1.54) is 12.1 Å². The van der Waals surface area contributed by atoms with Gasteiger partial charge in [0.05, 0.1) is 6.61 Å². The number of unbranched alkanes of at least 4 members (excludes halogenated alkanes) is 2. The van der Waals surface area contributed by atoms with E-state index in [0.717, 1.165) is 32.4 Å². The van der Waals surface area contributed by atoms with Gasteiger partial charge in [-0.25, -0.2) is 4.79 Å². The normalized spacial score (nSPS) is 10.7. The van der Waals surface area contributed by atoms with Crippen molar-refractivity contribution in [1.82, 2.24) is 4.90 Å². The molecule has 1 amide bonds. The van der Waals surface area contributed by atoms with Crippen molar-refractivity contribution >= 4 is 17.6 Å². The Morgan fingerprint density at radius 1 is 1.16 bits per heavy atom. The lowest BCUT2D eigenvalue weighted by Gasteiger charge is -2.17. The van der Waals surface area contributed by atoms with Crippen LogP contribution in [0.15, 0.2) is 18.2 Å². The zero-order valence-corrected chi connectivity index (χ0v) is 15.5. The molecule has 1 aromatic carbocycles. The molecule has 6 nitrogen and oxygen atoms in total. The molecule has 0 atom stereocenters. The van der Waals surface area contributed by atoms with Gasteiger partial charge in [0, 0.05) is 24.7 Å². The Hall–Kier alpha value is -2.08. The third kappa shape index (κ3) is 7.56. The SMILES string of the molecule is CCCCCOC(=O)c1ccc(NC(=O)CCN(CC)CC)cc1O. The summed E-state index contributed by atoms with van der Waals surface area (Å²) in [6, 6.07) is 4.44. The fourth-order valence-electron chi connectivity index (χ4n) is 2.40. The van der Waals surface area contributed by atoms with Gasteiger partial charge in [0.1, 0.15) is 11.3 Å². The molecule has 2 N–H and O–H groups in total. The number of hydrogen-bond acceptors (Lipinski definition) is 5. The lowest BCUT2D eigenvalue weighted by molar-refractivity contribution is -0.116. The number of carbonyl (C=O) groups excluding carboxylic acids is 2. The molecule has 0 spiro atoms. The van der Waals surface area contributed by atoms with Crippen molar-refractivity contribution in [3.05, 3.63) is 23.8 Å². The number of nitrogens with one attached hydrogen (secondary N) is 1. The number of phenolic OH excluding ortho intramolecular Hbond substituents is 1. The van der Waals surface area contributed by atoms with Crippen LogP contribution in [-0.2, 0) is 9.53 Å². The number of ether oxygens (including phenoxy) is 1. The Labute approximate surface area is 150 Å². The molecule has 0 heterocycles. The highest BCUT2D eigenvalue weighted by atomic mass is 16.5. The molecule has 0 unspecified atom stereocenters. The van der Waals surface area contributed by atoms with Crippen molar-refractivity contribution in [2.45, 2.75) is 46.5 Å². The van der Waals surface area contributed by atoms with Crippen LogP contribution in [0.1, 0.15) is 56.8 Å². The summed E-state index contributed by atoms with van der Waals surface area (Å²) in [4.78, 5) is 26.1. The first-order valence-corrected chi connectivity index (χ1v) is 9.04. The molecule has 1 aromatic rings. The molecule has 0 saturated carbocycles. The number of hydrogen-bond donors (Lipinski definition) is 2. The van der Waals surface area contributed by atoms with Crippen molar-refractivity contribution in [3.8, 4) is 5.75 Å². The van der Waals surface area contributed by atoms with E-state index >= 15 is 0 Å². The van der Waals surface area contributed by atoms with Gasteiger partial charge in [-0.3, -0.25) is 4.79 Å². The number of aromatic hydroxyl groups is 1. The quantitative estimate of drug-likeness (QED) is 0.472. The maximum absolute atomic E-state index is 12.0.